The zero-order valence-corrected chi connectivity index (χ0v) is 16.3. The van der Waals surface area contributed by atoms with Crippen LogP contribution in [0.3, 0.4) is 0 Å². The maximum atomic E-state index is 12.5. The molecule has 0 saturated carbocycles. The maximum Gasteiger partial charge on any atom is 0.490 e. The molecule has 3 rings (SSSR count). The molecule has 0 radical (unpaired) electrons. The highest BCUT2D eigenvalue weighted by molar-refractivity contribution is 5.80. The molecule has 0 spiro atoms. The van der Waals surface area contributed by atoms with Gasteiger partial charge in [0.2, 0.25) is 0 Å². The number of halogens is 3. The van der Waals surface area contributed by atoms with Gasteiger partial charge in [-0.3, -0.25) is 14.5 Å². The number of fused-ring (bicyclic) bond motifs is 1. The molecule has 3 heterocycles. The molecule has 1 N–H and O–H groups in total. The van der Waals surface area contributed by atoms with Crippen LogP contribution in [-0.2, 0) is 19.2 Å². The molecule has 3 atom stereocenters. The standard InChI is InChI=1S/C16H28N2O3.C2HF3O2/c1-12(2)11-17-9-7-14-13(17)5-6-15(21-14)16(19)18-8-3-4-10-20-18;3-2(4,5)1(6)7/h12-15H,3-11H2,1-2H3;(H,6,7)/t13-,14-,15-;/m1./s1. The predicted molar refractivity (Wildman–Crippen MR) is 93.3 cm³/mol. The Labute approximate surface area is 162 Å². The average Bonchev–Trinajstić information content (AvgIpc) is 3.03. The lowest BCUT2D eigenvalue weighted by molar-refractivity contribution is -0.213. The van der Waals surface area contributed by atoms with Crippen molar-refractivity contribution in [2.75, 3.05) is 26.2 Å². The van der Waals surface area contributed by atoms with Crippen LogP contribution in [0.4, 0.5) is 13.2 Å². The van der Waals surface area contributed by atoms with E-state index in [9.17, 15) is 18.0 Å². The molecule has 0 aromatic carbocycles. The van der Waals surface area contributed by atoms with E-state index in [0.29, 0.717) is 25.1 Å². The molecule has 3 saturated heterocycles. The number of likely N-dealkylation sites (tertiary alicyclic amines) is 1. The Bertz CT molecular complexity index is 538. The maximum absolute atomic E-state index is 12.5. The molecule has 0 aliphatic carbocycles. The topological polar surface area (TPSA) is 79.3 Å². The summed E-state index contributed by atoms with van der Waals surface area (Å²) >= 11 is 0. The van der Waals surface area contributed by atoms with Gasteiger partial charge >= 0.3 is 12.1 Å². The second-order valence-electron chi connectivity index (χ2n) is 7.77. The fraction of sp³-hybridized carbons (Fsp3) is 0.889. The van der Waals surface area contributed by atoms with E-state index in [1.165, 1.54) is 5.06 Å². The van der Waals surface area contributed by atoms with Crippen LogP contribution in [0.1, 0.15) is 46.0 Å². The summed E-state index contributed by atoms with van der Waals surface area (Å²) in [6, 6.07) is 0.513. The van der Waals surface area contributed by atoms with Crippen molar-refractivity contribution < 1.29 is 37.4 Å². The number of nitrogens with zero attached hydrogens (tertiary/aromatic N) is 2. The summed E-state index contributed by atoms with van der Waals surface area (Å²) in [5.41, 5.74) is 0. The molecule has 7 nitrogen and oxygen atoms in total. The Morgan fingerprint density at radius 1 is 1.14 bits per heavy atom. The van der Waals surface area contributed by atoms with E-state index in [1.807, 2.05) is 0 Å². The van der Waals surface area contributed by atoms with E-state index in [1.54, 1.807) is 0 Å². The first-order chi connectivity index (χ1) is 13.1. The molecule has 3 aliphatic rings. The number of aliphatic carboxylic acids is 1. The van der Waals surface area contributed by atoms with Gasteiger partial charge in [-0.1, -0.05) is 13.8 Å². The number of carbonyl (C=O) groups is 2. The van der Waals surface area contributed by atoms with Crippen molar-refractivity contribution in [3.8, 4) is 0 Å². The Kier molecular flexibility index (Phi) is 8.08. The van der Waals surface area contributed by atoms with Gasteiger partial charge in [0.25, 0.3) is 5.91 Å². The van der Waals surface area contributed by atoms with Crippen molar-refractivity contribution in [1.82, 2.24) is 9.96 Å². The number of alkyl halides is 3. The molecular weight excluding hydrogens is 381 g/mol. The molecule has 162 valence electrons. The van der Waals surface area contributed by atoms with Gasteiger partial charge in [-0.15, -0.1) is 0 Å². The lowest BCUT2D eigenvalue weighted by Crippen LogP contribution is -2.50. The zero-order valence-electron chi connectivity index (χ0n) is 16.3. The Morgan fingerprint density at radius 2 is 1.82 bits per heavy atom. The van der Waals surface area contributed by atoms with Crippen LogP contribution in [0.25, 0.3) is 0 Å². The first-order valence-electron chi connectivity index (χ1n) is 9.73. The van der Waals surface area contributed by atoms with Crippen LogP contribution in [0, 0.1) is 5.92 Å². The van der Waals surface area contributed by atoms with Gasteiger partial charge in [-0.2, -0.15) is 13.2 Å². The number of hydrogen-bond donors (Lipinski definition) is 1. The van der Waals surface area contributed by atoms with Crippen molar-refractivity contribution in [2.24, 2.45) is 5.92 Å². The molecule has 3 aliphatic heterocycles. The normalized spacial score (nSPS) is 28.5. The van der Waals surface area contributed by atoms with Gasteiger partial charge in [0.05, 0.1) is 12.7 Å². The number of carboxylic acid groups (broad SMARTS) is 1. The monoisotopic (exact) mass is 410 g/mol. The van der Waals surface area contributed by atoms with Crippen LogP contribution in [0.2, 0.25) is 0 Å². The number of ether oxygens (including phenoxy) is 1. The van der Waals surface area contributed by atoms with E-state index in [-0.39, 0.29) is 18.1 Å². The lowest BCUT2D eigenvalue weighted by Gasteiger charge is -2.38. The number of hydrogen-bond acceptors (Lipinski definition) is 5. The molecule has 10 heteroatoms. The highest BCUT2D eigenvalue weighted by atomic mass is 19.4. The largest absolute Gasteiger partial charge is 0.490 e. The van der Waals surface area contributed by atoms with E-state index in [0.717, 1.165) is 45.2 Å². The minimum absolute atomic E-state index is 0.0375. The molecule has 0 aromatic rings. The molecule has 0 aromatic heterocycles. The summed E-state index contributed by atoms with van der Waals surface area (Å²) in [5, 5.41) is 8.66. The van der Waals surface area contributed by atoms with E-state index in [2.05, 4.69) is 18.7 Å². The van der Waals surface area contributed by atoms with Gasteiger partial charge in [0.15, 0.2) is 0 Å². The van der Waals surface area contributed by atoms with E-state index < -0.39 is 12.1 Å². The Morgan fingerprint density at radius 3 is 2.36 bits per heavy atom. The Balaban J connectivity index is 0.000000345. The van der Waals surface area contributed by atoms with Crippen LogP contribution < -0.4 is 0 Å². The fourth-order valence-electron chi connectivity index (χ4n) is 3.82. The van der Waals surface area contributed by atoms with Gasteiger partial charge < -0.3 is 9.84 Å². The molecule has 28 heavy (non-hydrogen) atoms. The third-order valence-electron chi connectivity index (χ3n) is 5.03. The quantitative estimate of drug-likeness (QED) is 0.770. The molecule has 0 bridgehead atoms. The number of amides is 1. The van der Waals surface area contributed by atoms with Crippen molar-refractivity contribution in [1.29, 1.82) is 0 Å². The van der Waals surface area contributed by atoms with Gasteiger partial charge in [0, 0.05) is 25.7 Å². The average molecular weight is 410 g/mol. The molecule has 1 amide bonds. The summed E-state index contributed by atoms with van der Waals surface area (Å²) in [4.78, 5) is 29.4. The zero-order chi connectivity index (χ0) is 20.9. The summed E-state index contributed by atoms with van der Waals surface area (Å²) < 4.78 is 37.9. The summed E-state index contributed by atoms with van der Waals surface area (Å²) in [6.07, 6.45) is -0.103. The van der Waals surface area contributed by atoms with Crippen molar-refractivity contribution in [2.45, 2.75) is 70.4 Å². The highest BCUT2D eigenvalue weighted by Gasteiger charge is 2.43. The van der Waals surface area contributed by atoms with Crippen molar-refractivity contribution in [3.05, 3.63) is 0 Å². The fourth-order valence-corrected chi connectivity index (χ4v) is 3.82. The third-order valence-corrected chi connectivity index (χ3v) is 5.03. The molecular formula is C18H29F3N2O5. The van der Waals surface area contributed by atoms with Crippen LogP contribution >= 0.6 is 0 Å². The van der Waals surface area contributed by atoms with Crippen molar-refractivity contribution in [3.63, 3.8) is 0 Å². The summed E-state index contributed by atoms with van der Waals surface area (Å²) in [6.45, 7) is 8.14. The second-order valence-corrected chi connectivity index (χ2v) is 7.77. The van der Waals surface area contributed by atoms with Crippen LogP contribution in [-0.4, -0.2) is 77.6 Å². The predicted octanol–water partition coefficient (Wildman–Crippen LogP) is 2.45. The van der Waals surface area contributed by atoms with E-state index >= 15 is 0 Å². The van der Waals surface area contributed by atoms with Crippen LogP contribution in [0.5, 0.6) is 0 Å². The van der Waals surface area contributed by atoms with E-state index in [4.69, 9.17) is 19.5 Å². The van der Waals surface area contributed by atoms with Gasteiger partial charge in [-0.05, 0) is 38.0 Å². The second kappa shape index (κ2) is 9.89. The number of carboxylic acids is 1. The number of carbonyl (C=O) groups excluding carboxylic acids is 1. The third kappa shape index (κ3) is 6.31. The Hall–Kier alpha value is -1.39. The van der Waals surface area contributed by atoms with Gasteiger partial charge in [-0.25, -0.2) is 9.86 Å². The lowest BCUT2D eigenvalue weighted by atomic mass is 9.98. The van der Waals surface area contributed by atoms with Gasteiger partial charge in [0.1, 0.15) is 6.10 Å². The van der Waals surface area contributed by atoms with Crippen molar-refractivity contribution >= 4 is 11.9 Å². The minimum Gasteiger partial charge on any atom is -0.475 e. The smallest absolute Gasteiger partial charge is 0.475 e. The SMILES string of the molecule is CC(C)CN1CC[C@H]2O[C@@H](C(=O)N3CCCCO3)CC[C@H]21.O=C(O)C(F)(F)F. The number of rotatable bonds is 3. The number of hydroxylamine groups is 2. The minimum atomic E-state index is -5.08. The van der Waals surface area contributed by atoms with Crippen LogP contribution in [0.15, 0.2) is 0 Å². The first kappa shape index (κ1) is 22.9. The summed E-state index contributed by atoms with van der Waals surface area (Å²) in [7, 11) is 0. The summed E-state index contributed by atoms with van der Waals surface area (Å²) in [5.74, 6) is -2.03. The highest BCUT2D eigenvalue weighted by Crippen LogP contribution is 2.32. The molecule has 0 unspecified atom stereocenters. The first-order valence-corrected chi connectivity index (χ1v) is 9.73. The molecule has 3 fully saturated rings.